The number of amides is 1. The Balaban J connectivity index is 3.83. The summed E-state index contributed by atoms with van der Waals surface area (Å²) >= 11 is 0. The van der Waals surface area contributed by atoms with E-state index in [1.165, 1.54) is 21.0 Å². The van der Waals surface area contributed by atoms with Crippen LogP contribution >= 0.6 is 0 Å². The molecule has 0 aliphatic heterocycles. The van der Waals surface area contributed by atoms with Gasteiger partial charge in [0.05, 0.1) is 6.61 Å². The normalized spacial score (nSPS) is 14.3. The number of ether oxygens (including phenoxy) is 2. The van der Waals surface area contributed by atoms with E-state index in [9.17, 15) is 9.59 Å². The predicted octanol–water partition coefficient (Wildman–Crippen LogP) is -0.373. The fourth-order valence-corrected chi connectivity index (χ4v) is 0.846. The van der Waals surface area contributed by atoms with Crippen LogP contribution < -0.4 is 5.32 Å². The second kappa shape index (κ2) is 7.19. The molecule has 0 rings (SSSR count). The monoisotopic (exact) mass is 219 g/mol. The first-order chi connectivity index (χ1) is 6.99. The van der Waals surface area contributed by atoms with E-state index in [4.69, 9.17) is 14.6 Å². The molecule has 1 unspecified atom stereocenters. The zero-order chi connectivity index (χ0) is 11.8. The Hall–Kier alpha value is -1.14. The molecule has 0 aliphatic rings. The number of carbonyl (C=O) groups is 2. The number of hydrogen-bond acceptors (Lipinski definition) is 4. The molecule has 88 valence electrons. The van der Waals surface area contributed by atoms with Gasteiger partial charge in [0.15, 0.2) is 6.10 Å². The fraction of sp³-hybridized carbons (Fsp3) is 0.778. The Labute approximate surface area is 88.6 Å². The second-order valence-electron chi connectivity index (χ2n) is 3.04. The Kier molecular flexibility index (Phi) is 6.64. The summed E-state index contributed by atoms with van der Waals surface area (Å²) in [6, 6.07) is 0. The van der Waals surface area contributed by atoms with Crippen molar-refractivity contribution in [2.24, 2.45) is 0 Å². The molecular formula is C9H17NO5. The van der Waals surface area contributed by atoms with Gasteiger partial charge < -0.3 is 19.9 Å². The van der Waals surface area contributed by atoms with Gasteiger partial charge >= 0.3 is 5.97 Å². The lowest BCUT2D eigenvalue weighted by Crippen LogP contribution is -2.39. The van der Waals surface area contributed by atoms with Crippen molar-refractivity contribution < 1.29 is 24.2 Å². The average molecular weight is 219 g/mol. The van der Waals surface area contributed by atoms with E-state index in [0.29, 0.717) is 13.2 Å². The number of carbonyl (C=O) groups excluding carboxylic acids is 1. The van der Waals surface area contributed by atoms with Crippen LogP contribution in [0.5, 0.6) is 0 Å². The third-order valence-electron chi connectivity index (χ3n) is 1.73. The number of rotatable bonds is 7. The molecule has 6 nitrogen and oxygen atoms in total. The average Bonchev–Trinajstić information content (AvgIpc) is 2.17. The molecule has 0 aromatic carbocycles. The fourth-order valence-electron chi connectivity index (χ4n) is 0.846. The van der Waals surface area contributed by atoms with Gasteiger partial charge in [-0.2, -0.15) is 0 Å². The molecule has 15 heavy (non-hydrogen) atoms. The summed E-state index contributed by atoms with van der Waals surface area (Å²) in [7, 11) is 1.53. The molecule has 0 aromatic rings. The molecular weight excluding hydrogens is 202 g/mol. The van der Waals surface area contributed by atoms with Gasteiger partial charge in [-0.05, 0) is 13.8 Å². The number of methoxy groups -OCH3 is 1. The summed E-state index contributed by atoms with van der Waals surface area (Å²) in [5.41, 5.74) is 0. The van der Waals surface area contributed by atoms with Crippen molar-refractivity contribution in [3.8, 4) is 0 Å². The van der Waals surface area contributed by atoms with Crippen LogP contribution in [0.25, 0.3) is 0 Å². The smallest absolute Gasteiger partial charge is 0.332 e. The van der Waals surface area contributed by atoms with Crippen LogP contribution in [0.15, 0.2) is 0 Å². The number of hydrogen-bond donors (Lipinski definition) is 2. The molecule has 0 fully saturated rings. The Bertz CT molecular complexity index is 219. The van der Waals surface area contributed by atoms with Crippen molar-refractivity contribution in [1.82, 2.24) is 5.32 Å². The molecule has 0 heterocycles. The maximum absolute atomic E-state index is 11.3. The van der Waals surface area contributed by atoms with Gasteiger partial charge in [0.25, 0.3) is 0 Å². The highest BCUT2D eigenvalue weighted by Crippen LogP contribution is 1.98. The van der Waals surface area contributed by atoms with Gasteiger partial charge in [-0.25, -0.2) is 4.79 Å². The van der Waals surface area contributed by atoms with Crippen LogP contribution in [0, 0.1) is 0 Å². The van der Waals surface area contributed by atoms with Crippen LogP contribution in [0.3, 0.4) is 0 Å². The third-order valence-corrected chi connectivity index (χ3v) is 1.73. The van der Waals surface area contributed by atoms with E-state index in [2.05, 4.69) is 5.32 Å². The minimum absolute atomic E-state index is 0.347. The van der Waals surface area contributed by atoms with Gasteiger partial charge in [-0.3, -0.25) is 4.79 Å². The minimum atomic E-state index is -1.09. The van der Waals surface area contributed by atoms with Gasteiger partial charge in [0.1, 0.15) is 6.10 Å². The lowest BCUT2D eigenvalue weighted by Gasteiger charge is -2.15. The second-order valence-corrected chi connectivity index (χ2v) is 3.04. The van der Waals surface area contributed by atoms with E-state index in [-0.39, 0.29) is 5.91 Å². The molecule has 0 aliphatic carbocycles. The molecule has 0 saturated carbocycles. The van der Waals surface area contributed by atoms with Crippen molar-refractivity contribution in [3.63, 3.8) is 0 Å². The maximum Gasteiger partial charge on any atom is 0.332 e. The molecule has 0 bridgehead atoms. The number of nitrogens with one attached hydrogen (secondary N) is 1. The van der Waals surface area contributed by atoms with E-state index >= 15 is 0 Å². The highest BCUT2D eigenvalue weighted by Gasteiger charge is 2.20. The summed E-state index contributed by atoms with van der Waals surface area (Å²) in [6.45, 7) is 3.67. The largest absolute Gasteiger partial charge is 0.479 e. The Morgan fingerprint density at radius 2 is 1.93 bits per heavy atom. The van der Waals surface area contributed by atoms with E-state index in [0.717, 1.165) is 0 Å². The van der Waals surface area contributed by atoms with Gasteiger partial charge in [-0.1, -0.05) is 0 Å². The van der Waals surface area contributed by atoms with Crippen molar-refractivity contribution >= 4 is 11.9 Å². The maximum atomic E-state index is 11.3. The molecule has 2 N–H and O–H groups in total. The molecule has 0 radical (unpaired) electrons. The van der Waals surface area contributed by atoms with E-state index in [1.54, 1.807) is 0 Å². The molecule has 0 aromatic heterocycles. The van der Waals surface area contributed by atoms with E-state index in [1.807, 2.05) is 0 Å². The summed E-state index contributed by atoms with van der Waals surface area (Å²) in [5, 5.41) is 11.1. The highest BCUT2D eigenvalue weighted by atomic mass is 16.5. The standard InChI is InChI=1S/C9H17NO5/c1-6(15-7(2)9(12)13)8(11)10-4-5-14-3/h6-7H,4-5H2,1-3H3,(H,10,11)(H,12,13)/t6?,7-/m1/s1. The van der Waals surface area contributed by atoms with Crippen LogP contribution in [0.2, 0.25) is 0 Å². The zero-order valence-corrected chi connectivity index (χ0v) is 9.15. The minimum Gasteiger partial charge on any atom is -0.479 e. The molecule has 1 amide bonds. The van der Waals surface area contributed by atoms with Crippen LogP contribution in [0.1, 0.15) is 13.8 Å². The quantitative estimate of drug-likeness (QED) is 0.570. The van der Waals surface area contributed by atoms with Crippen molar-refractivity contribution in [2.45, 2.75) is 26.1 Å². The lowest BCUT2D eigenvalue weighted by atomic mass is 10.3. The third kappa shape index (κ3) is 6.03. The van der Waals surface area contributed by atoms with E-state index < -0.39 is 18.2 Å². The summed E-state index contributed by atoms with van der Waals surface area (Å²) < 4.78 is 9.69. The van der Waals surface area contributed by atoms with Crippen molar-refractivity contribution in [2.75, 3.05) is 20.3 Å². The van der Waals surface area contributed by atoms with Crippen molar-refractivity contribution in [3.05, 3.63) is 0 Å². The first kappa shape index (κ1) is 13.9. The molecule has 6 heteroatoms. The summed E-state index contributed by atoms with van der Waals surface area (Å²) in [6.07, 6.45) is -1.78. The van der Waals surface area contributed by atoms with Crippen molar-refractivity contribution in [1.29, 1.82) is 0 Å². The molecule has 0 spiro atoms. The number of aliphatic carboxylic acids is 1. The summed E-state index contributed by atoms with van der Waals surface area (Å²) in [5.74, 6) is -1.44. The van der Waals surface area contributed by atoms with Crippen LogP contribution in [-0.2, 0) is 19.1 Å². The molecule has 2 atom stereocenters. The van der Waals surface area contributed by atoms with Gasteiger partial charge in [0, 0.05) is 13.7 Å². The van der Waals surface area contributed by atoms with Gasteiger partial charge in [0.2, 0.25) is 5.91 Å². The summed E-state index contributed by atoms with van der Waals surface area (Å²) in [4.78, 5) is 21.7. The highest BCUT2D eigenvalue weighted by molar-refractivity contribution is 5.81. The van der Waals surface area contributed by atoms with Crippen LogP contribution in [-0.4, -0.2) is 49.5 Å². The van der Waals surface area contributed by atoms with Crippen LogP contribution in [0.4, 0.5) is 0 Å². The SMILES string of the molecule is COCCNC(=O)C(C)O[C@H](C)C(=O)O. The Morgan fingerprint density at radius 1 is 1.33 bits per heavy atom. The number of carboxylic acids is 1. The number of carboxylic acid groups (broad SMARTS) is 1. The zero-order valence-electron chi connectivity index (χ0n) is 9.15. The first-order valence-corrected chi connectivity index (χ1v) is 4.64. The first-order valence-electron chi connectivity index (χ1n) is 4.64. The predicted molar refractivity (Wildman–Crippen MR) is 52.5 cm³/mol. The topological polar surface area (TPSA) is 84.9 Å². The lowest BCUT2D eigenvalue weighted by molar-refractivity contribution is -0.155. The molecule has 0 saturated heterocycles. The Morgan fingerprint density at radius 3 is 2.40 bits per heavy atom. The van der Waals surface area contributed by atoms with Gasteiger partial charge in [-0.15, -0.1) is 0 Å².